The summed E-state index contributed by atoms with van der Waals surface area (Å²) in [6.07, 6.45) is 2.92. The summed E-state index contributed by atoms with van der Waals surface area (Å²) in [5, 5.41) is 2.73. The minimum atomic E-state index is -1.49. The molecule has 3 saturated heterocycles. The number of hydrogen-bond acceptors (Lipinski definition) is 10. The highest BCUT2D eigenvalue weighted by atomic mass is 31.2. The number of rotatable bonds is 15. The molecule has 4 aromatic carbocycles. The van der Waals surface area contributed by atoms with Crippen LogP contribution in [-0.2, 0) is 35.3 Å². The van der Waals surface area contributed by atoms with Crippen LogP contribution in [0.3, 0.4) is 0 Å². The molecule has 0 bridgehead atoms. The molecule has 1 amide bonds. The lowest BCUT2D eigenvalue weighted by Crippen LogP contribution is -2.41. The molecule has 1 N–H and O–H groups in total. The van der Waals surface area contributed by atoms with Crippen molar-refractivity contribution in [3.63, 3.8) is 0 Å². The maximum atomic E-state index is 13.6. The maximum Gasteiger partial charge on any atom is 0.351 e. The highest BCUT2D eigenvalue weighted by molar-refractivity contribution is 7.45. The average Bonchev–Trinajstić information content (AvgIpc) is 3.99. The van der Waals surface area contributed by atoms with Crippen LogP contribution in [0.5, 0.6) is 11.5 Å². The van der Waals surface area contributed by atoms with Crippen molar-refractivity contribution in [1.82, 2.24) is 14.2 Å². The van der Waals surface area contributed by atoms with Crippen molar-refractivity contribution in [2.75, 3.05) is 32.7 Å². The first-order valence-electron chi connectivity index (χ1n) is 20.6. The molecule has 0 saturated carbocycles. The number of anilines is 1. The number of nitrogens with one attached hydrogen (secondary N) is 1. The van der Waals surface area contributed by atoms with Crippen LogP contribution >= 0.6 is 8.53 Å². The van der Waals surface area contributed by atoms with E-state index < -0.39 is 43.9 Å². The number of carbonyl (C=O) groups is 1. The third-order valence-corrected chi connectivity index (χ3v) is 13.7. The van der Waals surface area contributed by atoms with Gasteiger partial charge in [0.05, 0.1) is 32.5 Å². The minimum Gasteiger partial charge on any atom is -0.497 e. The van der Waals surface area contributed by atoms with E-state index in [1.807, 2.05) is 72.8 Å². The molecular weight excluding hydrogens is 780 g/mol. The van der Waals surface area contributed by atoms with E-state index in [0.29, 0.717) is 6.42 Å². The van der Waals surface area contributed by atoms with Crippen LogP contribution < -0.4 is 20.5 Å². The number of fused-ring (bicyclic) bond motifs is 1. The molecule has 60 heavy (non-hydrogen) atoms. The fourth-order valence-corrected chi connectivity index (χ4v) is 10.8. The standard InChI is InChI=1S/C47H53N4O8P/c1-32(2)44(52)48-42-26-28-50(45(53)49-42)43-29-39(58-60-51-27-12-17-41(51)46(3,59-60)30-33-13-8-6-9-14-33)40(57-43)31-56-47(34-15-10-7-11-16-34,35-18-22-37(54-4)23-19-35)36-20-24-38(55-5)25-21-36/h6-11,13-16,18-26,28,32,39-41,43H,12,17,27,29-31H2,1-5H3,(H,48,49,52,53)/t39-,40+,41-,43+,46+,60-/m0/s1. The molecule has 3 aliphatic rings. The third-order valence-electron chi connectivity index (χ3n) is 11.8. The zero-order valence-electron chi connectivity index (χ0n) is 34.7. The van der Waals surface area contributed by atoms with E-state index in [1.54, 1.807) is 40.3 Å². The van der Waals surface area contributed by atoms with Gasteiger partial charge in [0.1, 0.15) is 35.2 Å². The lowest BCUT2D eigenvalue weighted by Gasteiger charge is -2.37. The zero-order valence-corrected chi connectivity index (χ0v) is 35.6. The summed E-state index contributed by atoms with van der Waals surface area (Å²) in [6, 6.07) is 38.2. The second kappa shape index (κ2) is 18.0. The molecule has 1 aromatic heterocycles. The number of nitrogens with zero attached hydrogens (tertiary/aromatic N) is 3. The molecule has 314 valence electrons. The smallest absolute Gasteiger partial charge is 0.351 e. The summed E-state index contributed by atoms with van der Waals surface area (Å²) in [5.74, 6) is 1.13. The first-order chi connectivity index (χ1) is 29.1. The molecule has 6 atom stereocenters. The van der Waals surface area contributed by atoms with E-state index in [4.69, 9.17) is 28.0 Å². The van der Waals surface area contributed by atoms with Crippen LogP contribution in [0.25, 0.3) is 0 Å². The first-order valence-corrected chi connectivity index (χ1v) is 21.7. The second-order valence-electron chi connectivity index (χ2n) is 16.1. The number of ether oxygens (including phenoxy) is 4. The molecule has 4 heterocycles. The largest absolute Gasteiger partial charge is 0.497 e. The van der Waals surface area contributed by atoms with Crippen molar-refractivity contribution in [1.29, 1.82) is 0 Å². The van der Waals surface area contributed by atoms with Gasteiger partial charge in [-0.05, 0) is 72.4 Å². The van der Waals surface area contributed by atoms with Crippen molar-refractivity contribution in [2.24, 2.45) is 5.92 Å². The molecule has 0 unspecified atom stereocenters. The second-order valence-corrected chi connectivity index (χ2v) is 17.5. The molecule has 0 spiro atoms. The van der Waals surface area contributed by atoms with E-state index >= 15 is 0 Å². The highest BCUT2D eigenvalue weighted by Crippen LogP contribution is 2.62. The van der Waals surface area contributed by atoms with E-state index in [0.717, 1.165) is 54.0 Å². The van der Waals surface area contributed by atoms with Gasteiger partial charge in [0, 0.05) is 37.5 Å². The Bertz CT molecular complexity index is 2230. The highest BCUT2D eigenvalue weighted by Gasteiger charge is 2.55. The number of hydrogen-bond donors (Lipinski definition) is 1. The normalized spacial score (nSPS) is 24.1. The van der Waals surface area contributed by atoms with Gasteiger partial charge in [0.15, 0.2) is 0 Å². The molecule has 8 rings (SSSR count). The van der Waals surface area contributed by atoms with Crippen LogP contribution in [0.4, 0.5) is 5.82 Å². The van der Waals surface area contributed by atoms with Gasteiger partial charge in [0.25, 0.3) is 8.53 Å². The summed E-state index contributed by atoms with van der Waals surface area (Å²) in [7, 11) is 1.81. The molecule has 3 aliphatic heterocycles. The Balaban J connectivity index is 1.15. The van der Waals surface area contributed by atoms with Gasteiger partial charge in [-0.2, -0.15) is 4.98 Å². The molecule has 0 radical (unpaired) electrons. The third kappa shape index (κ3) is 8.50. The SMILES string of the molecule is COc1ccc(C(OC[C@H]2O[C@@H](n3ccc(NC(=O)C(C)C)nc3=O)C[C@@H]2O[P@@]2O[C@](C)(Cc3ccccc3)[C@@H]3CCCN32)(c2ccccc2)c2ccc(OC)cc2)cc1. The first kappa shape index (κ1) is 41.8. The van der Waals surface area contributed by atoms with Crippen LogP contribution in [0.15, 0.2) is 126 Å². The fraction of sp³-hybridized carbons (Fsp3) is 0.383. The van der Waals surface area contributed by atoms with Crippen molar-refractivity contribution in [3.8, 4) is 11.5 Å². The predicted octanol–water partition coefficient (Wildman–Crippen LogP) is 8.26. The maximum absolute atomic E-state index is 13.6. The van der Waals surface area contributed by atoms with Crippen LogP contribution in [-0.4, -0.2) is 71.4 Å². The van der Waals surface area contributed by atoms with Crippen LogP contribution in [0.1, 0.15) is 68.5 Å². The Kier molecular flexibility index (Phi) is 12.5. The van der Waals surface area contributed by atoms with Gasteiger partial charge in [-0.25, -0.2) is 9.46 Å². The Morgan fingerprint density at radius 3 is 2.12 bits per heavy atom. The molecule has 0 aliphatic carbocycles. The van der Waals surface area contributed by atoms with Gasteiger partial charge >= 0.3 is 5.69 Å². The topological polar surface area (TPSA) is 123 Å². The predicted molar refractivity (Wildman–Crippen MR) is 230 cm³/mol. The van der Waals surface area contributed by atoms with Crippen molar-refractivity contribution in [2.45, 2.75) is 82.1 Å². The number of carbonyl (C=O) groups excluding carboxylic acids is 1. The number of methoxy groups -OCH3 is 2. The summed E-state index contributed by atoms with van der Waals surface area (Å²) in [5.41, 5.74) is 1.79. The molecule has 12 nitrogen and oxygen atoms in total. The van der Waals surface area contributed by atoms with E-state index in [-0.39, 0.29) is 30.3 Å². The molecule has 3 fully saturated rings. The van der Waals surface area contributed by atoms with E-state index in [1.165, 1.54) is 10.1 Å². The minimum absolute atomic E-state index is 0.0900. The summed E-state index contributed by atoms with van der Waals surface area (Å²) >= 11 is 0. The fourth-order valence-electron chi connectivity index (χ4n) is 8.59. The Morgan fingerprint density at radius 2 is 1.52 bits per heavy atom. The number of benzene rings is 4. The van der Waals surface area contributed by atoms with Gasteiger partial charge < -0.3 is 33.3 Å². The van der Waals surface area contributed by atoms with E-state index in [9.17, 15) is 9.59 Å². The summed E-state index contributed by atoms with van der Waals surface area (Å²) < 4.78 is 43.2. The van der Waals surface area contributed by atoms with Crippen molar-refractivity contribution in [3.05, 3.63) is 154 Å². The van der Waals surface area contributed by atoms with Crippen molar-refractivity contribution >= 4 is 20.3 Å². The zero-order chi connectivity index (χ0) is 41.9. The van der Waals surface area contributed by atoms with Gasteiger partial charge in [-0.1, -0.05) is 98.8 Å². The lowest BCUT2D eigenvalue weighted by atomic mass is 9.80. The summed E-state index contributed by atoms with van der Waals surface area (Å²) in [4.78, 5) is 30.2. The van der Waals surface area contributed by atoms with Gasteiger partial charge in [0.2, 0.25) is 5.91 Å². The van der Waals surface area contributed by atoms with Crippen LogP contribution in [0.2, 0.25) is 0 Å². The monoisotopic (exact) mass is 832 g/mol. The number of aromatic nitrogens is 2. The Labute approximate surface area is 352 Å². The van der Waals surface area contributed by atoms with Gasteiger partial charge in [-0.3, -0.25) is 9.36 Å². The Morgan fingerprint density at radius 1 is 0.900 bits per heavy atom. The molecule has 5 aromatic rings. The Hall–Kier alpha value is -4.94. The van der Waals surface area contributed by atoms with Gasteiger partial charge in [-0.15, -0.1) is 0 Å². The molecular formula is C47H53N4O8P. The lowest BCUT2D eigenvalue weighted by molar-refractivity contribution is -0.118. The molecule has 13 heteroatoms. The quantitative estimate of drug-likeness (QED) is 0.0815. The summed E-state index contributed by atoms with van der Waals surface area (Å²) in [6.45, 7) is 6.73. The van der Waals surface area contributed by atoms with Crippen molar-refractivity contribution < 1.29 is 32.8 Å². The van der Waals surface area contributed by atoms with E-state index in [2.05, 4.69) is 58.3 Å². The number of amides is 1. The average molecular weight is 833 g/mol. The van der Waals surface area contributed by atoms with Crippen LogP contribution in [0, 0.1) is 5.92 Å².